The highest BCUT2D eigenvalue weighted by molar-refractivity contribution is 7.89. The molecule has 0 radical (unpaired) electrons. The molecule has 0 heterocycles. The van der Waals surface area contributed by atoms with Crippen molar-refractivity contribution in [3.63, 3.8) is 0 Å². The molecule has 0 saturated heterocycles. The lowest BCUT2D eigenvalue weighted by Gasteiger charge is -2.18. The van der Waals surface area contributed by atoms with Gasteiger partial charge in [0, 0.05) is 12.1 Å². The summed E-state index contributed by atoms with van der Waals surface area (Å²) in [7, 11) is -4.04. The third kappa shape index (κ3) is 3.09. The number of hydrogen-bond donors (Lipinski definition) is 2. The zero-order valence-corrected chi connectivity index (χ0v) is 12.2. The first kappa shape index (κ1) is 15.2. The number of halogens is 2. The largest absolute Gasteiger partial charge is 0.396 e. The van der Waals surface area contributed by atoms with Crippen LogP contribution >= 0.6 is 0 Å². The minimum absolute atomic E-state index is 0.0631. The zero-order chi connectivity index (χ0) is 15.1. The van der Waals surface area contributed by atoms with Crippen molar-refractivity contribution in [2.45, 2.75) is 44.0 Å². The molecule has 2 rings (SSSR count). The molecule has 1 saturated carbocycles. The molecular formula is C13H18F2N2O2S. The molecule has 1 atom stereocenters. The minimum Gasteiger partial charge on any atom is -0.396 e. The molecule has 7 heteroatoms. The molecule has 1 fully saturated rings. The molecule has 1 unspecified atom stereocenters. The summed E-state index contributed by atoms with van der Waals surface area (Å²) in [5, 5.41) is 0. The first-order valence-corrected chi connectivity index (χ1v) is 7.86. The van der Waals surface area contributed by atoms with E-state index in [0.717, 1.165) is 12.5 Å². The molecule has 3 N–H and O–H groups in total. The van der Waals surface area contributed by atoms with Gasteiger partial charge in [-0.3, -0.25) is 0 Å². The summed E-state index contributed by atoms with van der Waals surface area (Å²) < 4.78 is 53.5. The highest BCUT2D eigenvalue weighted by Crippen LogP contribution is 2.37. The van der Waals surface area contributed by atoms with Crippen molar-refractivity contribution >= 4 is 15.7 Å². The Bertz CT molecular complexity index is 630. The summed E-state index contributed by atoms with van der Waals surface area (Å²) in [5.41, 5.74) is 4.98. The molecule has 0 aliphatic heterocycles. The van der Waals surface area contributed by atoms with Crippen LogP contribution in [-0.2, 0) is 10.0 Å². The van der Waals surface area contributed by atoms with E-state index in [1.807, 2.05) is 0 Å². The monoisotopic (exact) mass is 304 g/mol. The van der Waals surface area contributed by atoms with Crippen LogP contribution in [0.5, 0.6) is 0 Å². The maximum absolute atomic E-state index is 13.6. The van der Waals surface area contributed by atoms with Crippen LogP contribution < -0.4 is 10.5 Å². The molecule has 20 heavy (non-hydrogen) atoms. The lowest BCUT2D eigenvalue weighted by atomic mass is 9.92. The van der Waals surface area contributed by atoms with Gasteiger partial charge < -0.3 is 5.73 Å². The molecule has 1 aromatic carbocycles. The van der Waals surface area contributed by atoms with E-state index in [2.05, 4.69) is 18.6 Å². The van der Waals surface area contributed by atoms with Gasteiger partial charge in [-0.1, -0.05) is 13.8 Å². The third-order valence-corrected chi connectivity index (χ3v) is 5.17. The third-order valence-electron chi connectivity index (χ3n) is 3.63. The van der Waals surface area contributed by atoms with Crippen molar-refractivity contribution in [2.24, 2.45) is 5.41 Å². The van der Waals surface area contributed by atoms with Gasteiger partial charge in [-0.2, -0.15) is 0 Å². The van der Waals surface area contributed by atoms with E-state index >= 15 is 0 Å². The fraction of sp³-hybridized carbons (Fsp3) is 0.538. The van der Waals surface area contributed by atoms with Crippen LogP contribution in [0.1, 0.15) is 33.1 Å². The van der Waals surface area contributed by atoms with Crippen LogP contribution in [0.2, 0.25) is 0 Å². The van der Waals surface area contributed by atoms with Gasteiger partial charge in [0.2, 0.25) is 10.0 Å². The van der Waals surface area contributed by atoms with Crippen molar-refractivity contribution < 1.29 is 17.2 Å². The second-order valence-corrected chi connectivity index (χ2v) is 7.71. The van der Waals surface area contributed by atoms with Crippen molar-refractivity contribution in [3.05, 3.63) is 23.8 Å². The number of nitrogens with two attached hydrogens (primary N) is 1. The van der Waals surface area contributed by atoms with Crippen molar-refractivity contribution in [3.8, 4) is 0 Å². The smallest absolute Gasteiger partial charge is 0.243 e. The molecule has 1 aliphatic carbocycles. The lowest BCUT2D eigenvalue weighted by Crippen LogP contribution is -2.34. The fourth-order valence-corrected chi connectivity index (χ4v) is 3.94. The average molecular weight is 304 g/mol. The van der Waals surface area contributed by atoms with Gasteiger partial charge in [-0.05, 0) is 30.7 Å². The Kier molecular flexibility index (Phi) is 3.77. The molecule has 1 aromatic rings. The number of nitrogens with one attached hydrogen (secondary N) is 1. The molecular weight excluding hydrogens is 286 g/mol. The number of hydrogen-bond acceptors (Lipinski definition) is 3. The summed E-state index contributed by atoms with van der Waals surface area (Å²) in [6.45, 7) is 4.11. The maximum atomic E-state index is 13.6. The number of anilines is 1. The maximum Gasteiger partial charge on any atom is 0.243 e. The average Bonchev–Trinajstić information content (AvgIpc) is 2.62. The quantitative estimate of drug-likeness (QED) is 0.842. The number of benzene rings is 1. The summed E-state index contributed by atoms with van der Waals surface area (Å²) in [4.78, 5) is -0.610. The van der Waals surface area contributed by atoms with Crippen LogP contribution in [0.4, 0.5) is 14.5 Å². The predicted octanol–water partition coefficient (Wildman–Crippen LogP) is 2.40. The standard InChI is InChI=1S/C13H18F2N2O2S/c1-13(2)4-3-8(7-13)17-20(18,19)12-6-11(16)9(14)5-10(12)15/h5-6,8,17H,3-4,7,16H2,1-2H3. The van der Waals surface area contributed by atoms with Gasteiger partial charge in [0.15, 0.2) is 0 Å². The summed E-state index contributed by atoms with van der Waals surface area (Å²) in [5.74, 6) is -2.11. The lowest BCUT2D eigenvalue weighted by molar-refractivity contribution is 0.372. The summed E-state index contributed by atoms with van der Waals surface area (Å²) in [6.07, 6.45) is 2.28. The van der Waals surface area contributed by atoms with Gasteiger partial charge >= 0.3 is 0 Å². The molecule has 0 aromatic heterocycles. The van der Waals surface area contributed by atoms with Crippen LogP contribution in [0.15, 0.2) is 17.0 Å². The Morgan fingerprint density at radius 3 is 2.50 bits per heavy atom. The number of rotatable bonds is 3. The normalized spacial score (nSPS) is 22.1. The van der Waals surface area contributed by atoms with E-state index in [0.29, 0.717) is 18.9 Å². The van der Waals surface area contributed by atoms with E-state index in [9.17, 15) is 17.2 Å². The SMILES string of the molecule is CC1(C)CCC(NS(=O)(=O)c2cc(N)c(F)cc2F)C1. The van der Waals surface area contributed by atoms with Crippen LogP contribution in [0, 0.1) is 17.0 Å². The highest BCUT2D eigenvalue weighted by Gasteiger charge is 2.34. The number of sulfonamides is 1. The molecule has 0 amide bonds. The summed E-state index contributed by atoms with van der Waals surface area (Å²) >= 11 is 0. The first-order valence-electron chi connectivity index (χ1n) is 6.38. The Balaban J connectivity index is 2.26. The van der Waals surface area contributed by atoms with Gasteiger partial charge in [0.25, 0.3) is 0 Å². The Hall–Kier alpha value is -1.21. The molecule has 112 valence electrons. The van der Waals surface area contributed by atoms with E-state index < -0.39 is 32.2 Å². The van der Waals surface area contributed by atoms with Crippen molar-refractivity contribution in [1.29, 1.82) is 0 Å². The first-order chi connectivity index (χ1) is 9.11. The minimum atomic E-state index is -4.04. The molecule has 0 spiro atoms. The van der Waals surface area contributed by atoms with E-state index in [4.69, 9.17) is 5.73 Å². The fourth-order valence-electron chi connectivity index (χ4n) is 2.57. The van der Waals surface area contributed by atoms with Gasteiger partial charge in [0.1, 0.15) is 16.5 Å². The molecule has 1 aliphatic rings. The number of nitrogen functional groups attached to an aromatic ring is 1. The predicted molar refractivity (Wildman–Crippen MR) is 72.5 cm³/mol. The van der Waals surface area contributed by atoms with Crippen LogP contribution in [0.25, 0.3) is 0 Å². The highest BCUT2D eigenvalue weighted by atomic mass is 32.2. The topological polar surface area (TPSA) is 72.2 Å². The Morgan fingerprint density at radius 1 is 1.30 bits per heavy atom. The van der Waals surface area contributed by atoms with Gasteiger partial charge in [-0.25, -0.2) is 21.9 Å². The van der Waals surface area contributed by atoms with Crippen molar-refractivity contribution in [1.82, 2.24) is 4.72 Å². The Labute approximate surface area is 117 Å². The second kappa shape index (κ2) is 4.96. The van der Waals surface area contributed by atoms with E-state index in [1.54, 1.807) is 0 Å². The van der Waals surface area contributed by atoms with E-state index in [-0.39, 0.29) is 11.5 Å². The summed E-state index contributed by atoms with van der Waals surface area (Å²) in [6, 6.07) is 1.07. The van der Waals surface area contributed by atoms with Gasteiger partial charge in [-0.15, -0.1) is 0 Å². The molecule has 4 nitrogen and oxygen atoms in total. The van der Waals surface area contributed by atoms with Crippen LogP contribution in [0.3, 0.4) is 0 Å². The van der Waals surface area contributed by atoms with Crippen LogP contribution in [-0.4, -0.2) is 14.5 Å². The second-order valence-electron chi connectivity index (χ2n) is 6.03. The van der Waals surface area contributed by atoms with E-state index in [1.165, 1.54) is 0 Å². The van der Waals surface area contributed by atoms with Crippen molar-refractivity contribution in [2.75, 3.05) is 5.73 Å². The van der Waals surface area contributed by atoms with Gasteiger partial charge in [0.05, 0.1) is 5.69 Å². The Morgan fingerprint density at radius 2 is 1.95 bits per heavy atom. The molecule has 0 bridgehead atoms. The zero-order valence-electron chi connectivity index (χ0n) is 11.4.